The Labute approximate surface area is 90.7 Å². The molecule has 0 saturated heterocycles. The molecule has 78 valence electrons. The summed E-state index contributed by atoms with van der Waals surface area (Å²) in [5, 5.41) is 10.6. The first kappa shape index (κ1) is 11.5. The van der Waals surface area contributed by atoms with Crippen LogP contribution in [0.2, 0.25) is 5.02 Å². The zero-order valence-electron chi connectivity index (χ0n) is 8.70. The first-order valence-electron chi connectivity index (χ1n) is 5.07. The lowest BCUT2D eigenvalue weighted by Crippen LogP contribution is -2.04. The van der Waals surface area contributed by atoms with Gasteiger partial charge in [-0.05, 0) is 24.0 Å². The molecule has 2 unspecified atom stereocenters. The normalized spacial score (nSPS) is 15.1. The predicted molar refractivity (Wildman–Crippen MR) is 60.5 cm³/mol. The molecule has 0 aliphatic carbocycles. The van der Waals surface area contributed by atoms with Crippen molar-refractivity contribution in [2.45, 2.75) is 32.8 Å². The molecule has 0 spiro atoms. The minimum Gasteiger partial charge on any atom is -0.388 e. The summed E-state index contributed by atoms with van der Waals surface area (Å²) in [6.07, 6.45) is 1.43. The summed E-state index contributed by atoms with van der Waals surface area (Å²) < 4.78 is 0. The van der Waals surface area contributed by atoms with Crippen molar-refractivity contribution >= 4 is 11.6 Å². The van der Waals surface area contributed by atoms with Crippen LogP contribution >= 0.6 is 11.6 Å². The standard InChI is InChI=1S/C12H17ClO/c1-3-9(2)8-12(14)10-6-4-5-7-11(10)13/h4-7,9,12,14H,3,8H2,1-2H3. The second kappa shape index (κ2) is 5.38. The number of hydrogen-bond acceptors (Lipinski definition) is 1. The smallest absolute Gasteiger partial charge is 0.0807 e. The number of halogens is 1. The zero-order chi connectivity index (χ0) is 10.6. The lowest BCUT2D eigenvalue weighted by Gasteiger charge is -2.16. The number of aliphatic hydroxyl groups excluding tert-OH is 1. The molecule has 0 amide bonds. The molecule has 0 saturated carbocycles. The minimum atomic E-state index is -0.432. The highest BCUT2D eigenvalue weighted by Gasteiger charge is 2.13. The van der Waals surface area contributed by atoms with Gasteiger partial charge in [-0.1, -0.05) is 50.1 Å². The second-order valence-corrected chi connectivity index (χ2v) is 4.19. The average Bonchev–Trinajstić information content (AvgIpc) is 2.18. The second-order valence-electron chi connectivity index (χ2n) is 3.79. The van der Waals surface area contributed by atoms with E-state index >= 15 is 0 Å². The summed E-state index contributed by atoms with van der Waals surface area (Å²) in [5.41, 5.74) is 0.842. The van der Waals surface area contributed by atoms with Crippen molar-refractivity contribution in [2.75, 3.05) is 0 Å². The van der Waals surface area contributed by atoms with Crippen LogP contribution in [0.5, 0.6) is 0 Å². The fourth-order valence-corrected chi connectivity index (χ4v) is 1.68. The van der Waals surface area contributed by atoms with E-state index in [1.54, 1.807) is 0 Å². The van der Waals surface area contributed by atoms with Crippen molar-refractivity contribution in [3.05, 3.63) is 34.9 Å². The van der Waals surface area contributed by atoms with Gasteiger partial charge in [-0.2, -0.15) is 0 Å². The molecule has 0 fully saturated rings. The summed E-state index contributed by atoms with van der Waals surface area (Å²) in [5.74, 6) is 0.529. The summed E-state index contributed by atoms with van der Waals surface area (Å²) in [6.45, 7) is 4.27. The fraction of sp³-hybridized carbons (Fsp3) is 0.500. The van der Waals surface area contributed by atoms with Gasteiger partial charge in [0.15, 0.2) is 0 Å². The SMILES string of the molecule is CCC(C)CC(O)c1ccccc1Cl. The zero-order valence-corrected chi connectivity index (χ0v) is 9.46. The third-order valence-electron chi connectivity index (χ3n) is 2.59. The van der Waals surface area contributed by atoms with Gasteiger partial charge in [0, 0.05) is 5.02 Å². The van der Waals surface area contributed by atoms with Crippen molar-refractivity contribution < 1.29 is 5.11 Å². The van der Waals surface area contributed by atoms with Gasteiger partial charge in [0.2, 0.25) is 0 Å². The van der Waals surface area contributed by atoms with Crippen molar-refractivity contribution in [1.29, 1.82) is 0 Å². The van der Waals surface area contributed by atoms with Crippen molar-refractivity contribution in [2.24, 2.45) is 5.92 Å². The molecule has 1 aromatic carbocycles. The third-order valence-corrected chi connectivity index (χ3v) is 2.93. The highest BCUT2D eigenvalue weighted by molar-refractivity contribution is 6.31. The largest absolute Gasteiger partial charge is 0.388 e. The Kier molecular flexibility index (Phi) is 4.43. The molecule has 0 aliphatic heterocycles. The van der Waals surface area contributed by atoms with E-state index in [0.29, 0.717) is 10.9 Å². The van der Waals surface area contributed by atoms with Crippen molar-refractivity contribution in [1.82, 2.24) is 0 Å². The Morgan fingerprint density at radius 3 is 2.57 bits per heavy atom. The van der Waals surface area contributed by atoms with E-state index in [-0.39, 0.29) is 0 Å². The Bertz CT molecular complexity index is 285. The van der Waals surface area contributed by atoms with Crippen LogP contribution in [0.25, 0.3) is 0 Å². The monoisotopic (exact) mass is 212 g/mol. The van der Waals surface area contributed by atoms with E-state index in [2.05, 4.69) is 13.8 Å². The number of benzene rings is 1. The third kappa shape index (κ3) is 3.00. The summed E-state index contributed by atoms with van der Waals surface area (Å²) in [7, 11) is 0. The maximum atomic E-state index is 9.92. The lowest BCUT2D eigenvalue weighted by atomic mass is 9.96. The van der Waals surface area contributed by atoms with Crippen LogP contribution in [0.15, 0.2) is 24.3 Å². The maximum absolute atomic E-state index is 9.92. The Morgan fingerprint density at radius 1 is 1.36 bits per heavy atom. The maximum Gasteiger partial charge on any atom is 0.0807 e. The van der Waals surface area contributed by atoms with Crippen LogP contribution in [-0.2, 0) is 0 Å². The highest BCUT2D eigenvalue weighted by Crippen LogP contribution is 2.27. The van der Waals surface area contributed by atoms with Gasteiger partial charge in [0.1, 0.15) is 0 Å². The molecule has 0 radical (unpaired) electrons. The fourth-order valence-electron chi connectivity index (χ4n) is 1.42. The van der Waals surface area contributed by atoms with Crippen molar-refractivity contribution in [3.63, 3.8) is 0 Å². The average molecular weight is 213 g/mol. The first-order valence-corrected chi connectivity index (χ1v) is 5.45. The molecule has 1 nitrogen and oxygen atoms in total. The van der Waals surface area contributed by atoms with Gasteiger partial charge in [0.05, 0.1) is 6.10 Å². The summed E-state index contributed by atoms with van der Waals surface area (Å²) in [6, 6.07) is 7.48. The molecule has 0 heterocycles. The van der Waals surface area contributed by atoms with Crippen LogP contribution in [0.3, 0.4) is 0 Å². The van der Waals surface area contributed by atoms with Gasteiger partial charge in [-0.25, -0.2) is 0 Å². The van der Waals surface area contributed by atoms with E-state index in [0.717, 1.165) is 18.4 Å². The molecule has 2 atom stereocenters. The molecule has 0 aromatic heterocycles. The number of rotatable bonds is 4. The number of aliphatic hydroxyl groups is 1. The summed E-state index contributed by atoms with van der Waals surface area (Å²) >= 11 is 5.99. The number of hydrogen-bond donors (Lipinski definition) is 1. The van der Waals surface area contributed by atoms with Crippen LogP contribution in [-0.4, -0.2) is 5.11 Å². The minimum absolute atomic E-state index is 0.432. The highest BCUT2D eigenvalue weighted by atomic mass is 35.5. The molecule has 1 aromatic rings. The summed E-state index contributed by atoms with van der Waals surface area (Å²) in [4.78, 5) is 0. The Morgan fingerprint density at radius 2 is 2.00 bits per heavy atom. The molecular formula is C12H17ClO. The molecule has 1 rings (SSSR count). The lowest BCUT2D eigenvalue weighted by molar-refractivity contribution is 0.146. The van der Waals surface area contributed by atoms with Crippen LogP contribution in [0, 0.1) is 5.92 Å². The van der Waals surface area contributed by atoms with Crippen LogP contribution < -0.4 is 0 Å². The Hall–Kier alpha value is -0.530. The molecule has 1 N–H and O–H groups in total. The first-order chi connectivity index (χ1) is 6.65. The van der Waals surface area contributed by atoms with E-state index < -0.39 is 6.10 Å². The Balaban J connectivity index is 2.69. The van der Waals surface area contributed by atoms with Crippen LogP contribution in [0.4, 0.5) is 0 Å². The molecule has 0 bridgehead atoms. The quantitative estimate of drug-likeness (QED) is 0.805. The van der Waals surface area contributed by atoms with Gasteiger partial charge in [-0.15, -0.1) is 0 Å². The van der Waals surface area contributed by atoms with Gasteiger partial charge in [0.25, 0.3) is 0 Å². The van der Waals surface area contributed by atoms with E-state index in [1.165, 1.54) is 0 Å². The van der Waals surface area contributed by atoms with Gasteiger partial charge < -0.3 is 5.11 Å². The molecule has 0 aliphatic rings. The van der Waals surface area contributed by atoms with E-state index in [9.17, 15) is 5.11 Å². The van der Waals surface area contributed by atoms with Gasteiger partial charge in [-0.3, -0.25) is 0 Å². The van der Waals surface area contributed by atoms with Gasteiger partial charge >= 0.3 is 0 Å². The topological polar surface area (TPSA) is 20.2 Å². The van der Waals surface area contributed by atoms with E-state index in [4.69, 9.17) is 11.6 Å². The van der Waals surface area contributed by atoms with Crippen molar-refractivity contribution in [3.8, 4) is 0 Å². The van der Waals surface area contributed by atoms with E-state index in [1.807, 2.05) is 24.3 Å². The molecule has 2 heteroatoms. The molecular weight excluding hydrogens is 196 g/mol. The molecule has 14 heavy (non-hydrogen) atoms. The predicted octanol–water partition coefficient (Wildman–Crippen LogP) is 3.81. The van der Waals surface area contributed by atoms with Crippen LogP contribution in [0.1, 0.15) is 38.4 Å².